The normalized spacial score (nSPS) is 12.6. The summed E-state index contributed by atoms with van der Waals surface area (Å²) in [7, 11) is 1.72. The molecular formula is C17H24N2OS. The fraction of sp³-hybridized carbons (Fsp3) is 0.471. The summed E-state index contributed by atoms with van der Waals surface area (Å²) in [6.07, 6.45) is 4.11. The van der Waals surface area contributed by atoms with Gasteiger partial charge in [0, 0.05) is 17.1 Å². The van der Waals surface area contributed by atoms with E-state index in [1.54, 1.807) is 18.4 Å². The molecule has 3 nitrogen and oxygen atoms in total. The molecule has 1 heterocycles. The fourth-order valence-corrected chi connectivity index (χ4v) is 3.09. The lowest BCUT2D eigenvalue weighted by atomic mass is 9.95. The third-order valence-corrected chi connectivity index (χ3v) is 4.25. The molecule has 0 aliphatic heterocycles. The van der Waals surface area contributed by atoms with Crippen molar-refractivity contribution in [3.63, 3.8) is 0 Å². The van der Waals surface area contributed by atoms with E-state index in [0.717, 1.165) is 25.1 Å². The number of aromatic nitrogens is 1. The van der Waals surface area contributed by atoms with Gasteiger partial charge in [0.15, 0.2) is 0 Å². The average molecular weight is 304 g/mol. The Balaban J connectivity index is 2.02. The molecule has 1 atom stereocenters. The molecule has 114 valence electrons. The van der Waals surface area contributed by atoms with E-state index < -0.39 is 0 Å². The highest BCUT2D eigenvalue weighted by Gasteiger charge is 2.13. The first-order valence-electron chi connectivity index (χ1n) is 7.41. The van der Waals surface area contributed by atoms with Crippen molar-refractivity contribution in [1.29, 1.82) is 0 Å². The van der Waals surface area contributed by atoms with Gasteiger partial charge in [-0.05, 0) is 43.0 Å². The van der Waals surface area contributed by atoms with Gasteiger partial charge in [0.2, 0.25) is 0 Å². The molecule has 1 aromatic heterocycles. The van der Waals surface area contributed by atoms with Crippen LogP contribution in [0.4, 0.5) is 0 Å². The Morgan fingerprint density at radius 1 is 1.29 bits per heavy atom. The lowest BCUT2D eigenvalue weighted by molar-refractivity contribution is 0.412. The van der Waals surface area contributed by atoms with Gasteiger partial charge in [-0.1, -0.05) is 26.0 Å². The van der Waals surface area contributed by atoms with Crippen LogP contribution < -0.4 is 10.1 Å². The summed E-state index contributed by atoms with van der Waals surface area (Å²) in [6.45, 7) is 5.40. The van der Waals surface area contributed by atoms with Crippen molar-refractivity contribution >= 4 is 11.3 Å². The number of methoxy groups -OCH3 is 1. The molecule has 4 heteroatoms. The first-order valence-corrected chi connectivity index (χ1v) is 8.29. The number of ether oxygens (including phenoxy) is 1. The van der Waals surface area contributed by atoms with Crippen LogP contribution in [0.5, 0.6) is 5.75 Å². The quantitative estimate of drug-likeness (QED) is 0.810. The minimum absolute atomic E-state index is 0.513. The zero-order valence-corrected chi connectivity index (χ0v) is 13.8. The third kappa shape index (κ3) is 5.48. The van der Waals surface area contributed by atoms with Crippen molar-refractivity contribution in [2.45, 2.75) is 32.7 Å². The Morgan fingerprint density at radius 2 is 2.14 bits per heavy atom. The Hall–Kier alpha value is -1.39. The van der Waals surface area contributed by atoms with E-state index in [1.807, 2.05) is 17.8 Å². The topological polar surface area (TPSA) is 34.1 Å². The summed E-state index contributed by atoms with van der Waals surface area (Å²) in [5.41, 5.74) is 3.24. The van der Waals surface area contributed by atoms with Crippen molar-refractivity contribution in [2.75, 3.05) is 13.7 Å². The Bertz CT molecular complexity index is 525. The summed E-state index contributed by atoms with van der Waals surface area (Å²) in [4.78, 5) is 5.54. The SMILES string of the molecule is COc1cccc(CC(CNC(C)C)Cc2cncs2)c1. The fourth-order valence-electron chi connectivity index (χ4n) is 2.38. The van der Waals surface area contributed by atoms with E-state index >= 15 is 0 Å². The van der Waals surface area contributed by atoms with Crippen LogP contribution in [-0.2, 0) is 12.8 Å². The average Bonchev–Trinajstić information content (AvgIpc) is 2.98. The van der Waals surface area contributed by atoms with Gasteiger partial charge in [0.05, 0.1) is 12.6 Å². The molecule has 2 rings (SSSR count). The summed E-state index contributed by atoms with van der Waals surface area (Å²) in [5.74, 6) is 1.50. The van der Waals surface area contributed by atoms with Gasteiger partial charge in [0.25, 0.3) is 0 Å². The van der Waals surface area contributed by atoms with Gasteiger partial charge >= 0.3 is 0 Å². The molecule has 0 aliphatic carbocycles. The maximum atomic E-state index is 5.32. The van der Waals surface area contributed by atoms with Crippen LogP contribution in [0.15, 0.2) is 36.0 Å². The second kappa shape index (κ2) is 8.15. The molecule has 0 aliphatic rings. The molecule has 0 spiro atoms. The maximum Gasteiger partial charge on any atom is 0.119 e. The van der Waals surface area contributed by atoms with Crippen molar-refractivity contribution in [1.82, 2.24) is 10.3 Å². The van der Waals surface area contributed by atoms with Crippen LogP contribution in [-0.4, -0.2) is 24.7 Å². The number of thiazole rings is 1. The number of hydrogen-bond donors (Lipinski definition) is 1. The van der Waals surface area contributed by atoms with Gasteiger partial charge in [-0.2, -0.15) is 0 Å². The van der Waals surface area contributed by atoms with Gasteiger partial charge in [-0.15, -0.1) is 11.3 Å². The monoisotopic (exact) mass is 304 g/mol. The zero-order valence-electron chi connectivity index (χ0n) is 13.0. The molecule has 2 aromatic rings. The summed E-state index contributed by atoms with van der Waals surface area (Å²) in [6, 6.07) is 8.88. The zero-order chi connectivity index (χ0) is 15.1. The number of nitrogens with zero attached hydrogens (tertiary/aromatic N) is 1. The Morgan fingerprint density at radius 3 is 2.81 bits per heavy atom. The summed E-state index contributed by atoms with van der Waals surface area (Å²) in [5, 5.41) is 3.56. The predicted octanol–water partition coefficient (Wildman–Crippen LogP) is 3.55. The second-order valence-electron chi connectivity index (χ2n) is 5.66. The molecule has 1 N–H and O–H groups in total. The van der Waals surface area contributed by atoms with E-state index in [2.05, 4.69) is 42.3 Å². The van der Waals surface area contributed by atoms with E-state index in [4.69, 9.17) is 4.74 Å². The number of rotatable bonds is 8. The van der Waals surface area contributed by atoms with Crippen LogP contribution in [0.2, 0.25) is 0 Å². The van der Waals surface area contributed by atoms with Gasteiger partial charge < -0.3 is 10.1 Å². The minimum Gasteiger partial charge on any atom is -0.497 e. The number of hydrogen-bond acceptors (Lipinski definition) is 4. The molecule has 1 aromatic carbocycles. The van der Waals surface area contributed by atoms with Crippen LogP contribution in [0.1, 0.15) is 24.3 Å². The number of benzene rings is 1. The highest BCUT2D eigenvalue weighted by Crippen LogP contribution is 2.20. The van der Waals surface area contributed by atoms with Crippen molar-refractivity contribution in [3.05, 3.63) is 46.4 Å². The molecule has 0 saturated heterocycles. The van der Waals surface area contributed by atoms with Gasteiger partial charge in [-0.3, -0.25) is 4.98 Å². The summed E-state index contributed by atoms with van der Waals surface area (Å²) < 4.78 is 5.32. The van der Waals surface area contributed by atoms with Gasteiger partial charge in [0.1, 0.15) is 5.75 Å². The predicted molar refractivity (Wildman–Crippen MR) is 89.1 cm³/mol. The Labute approximate surface area is 131 Å². The van der Waals surface area contributed by atoms with E-state index in [1.165, 1.54) is 10.4 Å². The second-order valence-corrected chi connectivity index (χ2v) is 6.63. The molecule has 0 amide bonds. The number of nitrogens with one attached hydrogen (secondary N) is 1. The lowest BCUT2D eigenvalue weighted by Crippen LogP contribution is -2.30. The Kier molecular flexibility index (Phi) is 6.21. The van der Waals surface area contributed by atoms with Crippen molar-refractivity contribution in [3.8, 4) is 5.75 Å². The molecule has 21 heavy (non-hydrogen) atoms. The minimum atomic E-state index is 0.513. The molecular weight excluding hydrogens is 280 g/mol. The van der Waals surface area contributed by atoms with Crippen LogP contribution >= 0.6 is 11.3 Å². The van der Waals surface area contributed by atoms with Crippen LogP contribution in [0.25, 0.3) is 0 Å². The van der Waals surface area contributed by atoms with Crippen molar-refractivity contribution < 1.29 is 4.74 Å². The molecule has 1 unspecified atom stereocenters. The van der Waals surface area contributed by atoms with Crippen LogP contribution in [0.3, 0.4) is 0 Å². The molecule has 0 radical (unpaired) electrons. The van der Waals surface area contributed by atoms with E-state index in [9.17, 15) is 0 Å². The smallest absolute Gasteiger partial charge is 0.119 e. The molecule has 0 saturated carbocycles. The largest absolute Gasteiger partial charge is 0.497 e. The highest BCUT2D eigenvalue weighted by molar-refractivity contribution is 7.09. The van der Waals surface area contributed by atoms with E-state index in [0.29, 0.717) is 12.0 Å². The first-order chi connectivity index (χ1) is 10.2. The highest BCUT2D eigenvalue weighted by atomic mass is 32.1. The standard InChI is InChI=1S/C17H24N2OS/c1-13(2)19-10-15(9-17-11-18-12-21-17)7-14-5-4-6-16(8-14)20-3/h4-6,8,11-13,15,19H,7,9-10H2,1-3H3. The van der Waals surface area contributed by atoms with Crippen molar-refractivity contribution in [2.24, 2.45) is 5.92 Å². The summed E-state index contributed by atoms with van der Waals surface area (Å²) >= 11 is 1.74. The van der Waals surface area contributed by atoms with Gasteiger partial charge in [-0.25, -0.2) is 0 Å². The maximum absolute atomic E-state index is 5.32. The first kappa shape index (κ1) is 16.0. The lowest BCUT2D eigenvalue weighted by Gasteiger charge is -2.19. The third-order valence-electron chi connectivity index (χ3n) is 3.45. The van der Waals surface area contributed by atoms with Crippen LogP contribution in [0, 0.1) is 5.92 Å². The van der Waals surface area contributed by atoms with E-state index in [-0.39, 0.29) is 0 Å². The molecule has 0 bridgehead atoms. The molecule has 0 fully saturated rings.